The summed E-state index contributed by atoms with van der Waals surface area (Å²) in [6.45, 7) is 2.37. The van der Waals surface area contributed by atoms with Gasteiger partial charge in [0.1, 0.15) is 0 Å². The average Bonchev–Trinajstić information content (AvgIpc) is 3.05. The molecule has 1 heterocycles. The predicted molar refractivity (Wildman–Crippen MR) is 75.0 cm³/mol. The number of benzene rings is 1. The van der Waals surface area contributed by atoms with Gasteiger partial charge in [0.25, 0.3) is 0 Å². The fraction of sp³-hybridized carbons (Fsp3) is 0.571. The van der Waals surface area contributed by atoms with Crippen LogP contribution < -0.4 is 10.2 Å². The molecule has 1 unspecified atom stereocenters. The van der Waals surface area contributed by atoms with Crippen LogP contribution in [0.25, 0.3) is 0 Å². The van der Waals surface area contributed by atoms with E-state index >= 15 is 0 Å². The summed E-state index contributed by atoms with van der Waals surface area (Å²) >= 11 is 1.82. The highest BCUT2D eigenvalue weighted by Crippen LogP contribution is 2.27. The Balaban J connectivity index is 1.63. The molecular weight excluding hydrogens is 228 g/mol. The molecule has 17 heavy (non-hydrogen) atoms. The van der Waals surface area contributed by atoms with Gasteiger partial charge in [-0.3, -0.25) is 0 Å². The van der Waals surface area contributed by atoms with Crippen molar-refractivity contribution in [1.82, 2.24) is 5.32 Å². The molecule has 1 atom stereocenters. The monoisotopic (exact) mass is 248 g/mol. The maximum absolute atomic E-state index is 3.73. The van der Waals surface area contributed by atoms with Crippen molar-refractivity contribution in [3.63, 3.8) is 0 Å². The van der Waals surface area contributed by atoms with Crippen molar-refractivity contribution < 1.29 is 0 Å². The summed E-state index contributed by atoms with van der Waals surface area (Å²) in [5.74, 6) is 0. The topological polar surface area (TPSA) is 15.3 Å². The van der Waals surface area contributed by atoms with E-state index in [0.717, 1.165) is 6.04 Å². The van der Waals surface area contributed by atoms with Gasteiger partial charge in [0, 0.05) is 35.8 Å². The van der Waals surface area contributed by atoms with Gasteiger partial charge in [-0.25, -0.2) is 0 Å². The second-order valence-electron chi connectivity index (χ2n) is 5.07. The Labute approximate surface area is 108 Å². The second-order valence-corrected chi connectivity index (χ2v) is 5.95. The van der Waals surface area contributed by atoms with Crippen LogP contribution in [0.2, 0.25) is 0 Å². The zero-order valence-electron chi connectivity index (χ0n) is 10.4. The van der Waals surface area contributed by atoms with E-state index in [0.29, 0.717) is 6.04 Å². The summed E-state index contributed by atoms with van der Waals surface area (Å²) in [5, 5.41) is 3.73. The molecule has 1 N–H and O–H groups in total. The number of hydrogen-bond acceptors (Lipinski definition) is 3. The molecule has 0 bridgehead atoms. The first-order valence-corrected chi connectivity index (χ1v) is 7.72. The smallest absolute Gasteiger partial charge is 0.0377 e. The Morgan fingerprint density at radius 3 is 2.88 bits per heavy atom. The third-order valence-electron chi connectivity index (χ3n) is 3.66. The van der Waals surface area contributed by atoms with Crippen LogP contribution in [0, 0.1) is 0 Å². The van der Waals surface area contributed by atoms with Crippen molar-refractivity contribution in [3.8, 4) is 0 Å². The summed E-state index contributed by atoms with van der Waals surface area (Å²) in [4.78, 5) is 3.88. The van der Waals surface area contributed by atoms with E-state index in [-0.39, 0.29) is 0 Å². The van der Waals surface area contributed by atoms with E-state index in [9.17, 15) is 0 Å². The molecule has 1 aromatic rings. The molecule has 1 aromatic carbocycles. The summed E-state index contributed by atoms with van der Waals surface area (Å²) in [5.41, 5.74) is 1.39. The zero-order valence-corrected chi connectivity index (χ0v) is 11.2. The minimum absolute atomic E-state index is 0.709. The molecule has 3 heteroatoms. The molecule has 1 aliphatic carbocycles. The molecule has 0 spiro atoms. The molecule has 1 aliphatic heterocycles. The average molecular weight is 248 g/mol. The Morgan fingerprint density at radius 1 is 1.24 bits per heavy atom. The second kappa shape index (κ2) is 4.91. The number of nitrogens with one attached hydrogen (secondary N) is 1. The molecule has 1 saturated carbocycles. The molecule has 0 amide bonds. The van der Waals surface area contributed by atoms with Gasteiger partial charge in [-0.2, -0.15) is 0 Å². The van der Waals surface area contributed by atoms with Crippen molar-refractivity contribution in [3.05, 3.63) is 24.3 Å². The van der Waals surface area contributed by atoms with Crippen molar-refractivity contribution in [2.75, 3.05) is 24.2 Å². The van der Waals surface area contributed by atoms with Gasteiger partial charge in [0.15, 0.2) is 0 Å². The summed E-state index contributed by atoms with van der Waals surface area (Å²) in [6.07, 6.45) is 6.21. The fourth-order valence-corrected chi connectivity index (χ4v) is 2.97. The molecule has 0 radical (unpaired) electrons. The van der Waals surface area contributed by atoms with Crippen molar-refractivity contribution in [2.24, 2.45) is 0 Å². The van der Waals surface area contributed by atoms with E-state index < -0.39 is 0 Å². The van der Waals surface area contributed by atoms with Crippen LogP contribution in [0.1, 0.15) is 19.3 Å². The quantitative estimate of drug-likeness (QED) is 0.825. The summed E-state index contributed by atoms with van der Waals surface area (Å²) < 4.78 is 0. The number of nitrogens with zero attached hydrogens (tertiary/aromatic N) is 1. The predicted octanol–water partition coefficient (Wildman–Crippen LogP) is 2.74. The molecule has 2 fully saturated rings. The number of thioether (sulfide) groups is 1. The zero-order chi connectivity index (χ0) is 11.7. The fourth-order valence-electron chi connectivity index (χ4n) is 2.52. The third-order valence-corrected chi connectivity index (χ3v) is 4.38. The molecule has 3 rings (SSSR count). The number of hydrogen-bond donors (Lipinski definition) is 1. The van der Waals surface area contributed by atoms with Gasteiger partial charge in [0.2, 0.25) is 0 Å². The third kappa shape index (κ3) is 2.78. The van der Waals surface area contributed by atoms with E-state index in [1.54, 1.807) is 0 Å². The molecule has 0 aromatic heterocycles. The lowest BCUT2D eigenvalue weighted by Crippen LogP contribution is -2.33. The van der Waals surface area contributed by atoms with Crippen LogP contribution in [0.3, 0.4) is 0 Å². The normalized spacial score (nSPS) is 24.3. The van der Waals surface area contributed by atoms with E-state index in [2.05, 4.69) is 40.7 Å². The van der Waals surface area contributed by atoms with Gasteiger partial charge in [-0.15, -0.1) is 11.8 Å². The van der Waals surface area contributed by atoms with Gasteiger partial charge in [-0.05, 0) is 43.7 Å². The minimum Gasteiger partial charge on any atom is -0.370 e. The van der Waals surface area contributed by atoms with Crippen LogP contribution in [-0.2, 0) is 0 Å². The highest BCUT2D eigenvalue weighted by molar-refractivity contribution is 7.98. The van der Waals surface area contributed by atoms with Gasteiger partial charge < -0.3 is 10.2 Å². The number of anilines is 1. The van der Waals surface area contributed by atoms with Gasteiger partial charge in [0.05, 0.1) is 0 Å². The number of rotatable bonds is 4. The Bertz CT molecular complexity index is 390. The Morgan fingerprint density at radius 2 is 2.12 bits per heavy atom. The first-order chi connectivity index (χ1) is 8.35. The lowest BCUT2D eigenvalue weighted by molar-refractivity contribution is 0.548. The van der Waals surface area contributed by atoms with Gasteiger partial charge in [-0.1, -0.05) is 6.07 Å². The lowest BCUT2D eigenvalue weighted by atomic mass is 10.2. The maximum atomic E-state index is 3.73. The SMILES string of the molecule is CSc1cccc(N2CCC(NC3CC3)C2)c1. The molecular formula is C14H20N2S. The van der Waals surface area contributed by atoms with Crippen molar-refractivity contribution in [2.45, 2.75) is 36.2 Å². The standard InChI is InChI=1S/C14H20N2S/c1-17-14-4-2-3-13(9-14)16-8-7-12(10-16)15-11-5-6-11/h2-4,9,11-12,15H,5-8,10H2,1H3. The van der Waals surface area contributed by atoms with Crippen LogP contribution in [0.4, 0.5) is 5.69 Å². The highest BCUT2D eigenvalue weighted by atomic mass is 32.2. The Kier molecular flexibility index (Phi) is 3.30. The molecule has 1 saturated heterocycles. The summed E-state index contributed by atoms with van der Waals surface area (Å²) in [6, 6.07) is 10.4. The van der Waals surface area contributed by atoms with Crippen molar-refractivity contribution >= 4 is 17.4 Å². The van der Waals surface area contributed by atoms with Crippen molar-refractivity contribution in [1.29, 1.82) is 0 Å². The highest BCUT2D eigenvalue weighted by Gasteiger charge is 2.29. The molecule has 2 nitrogen and oxygen atoms in total. The summed E-state index contributed by atoms with van der Waals surface area (Å²) in [7, 11) is 0. The lowest BCUT2D eigenvalue weighted by Gasteiger charge is -2.19. The van der Waals surface area contributed by atoms with E-state index in [1.165, 1.54) is 42.9 Å². The van der Waals surface area contributed by atoms with Crippen LogP contribution in [0.5, 0.6) is 0 Å². The first kappa shape index (κ1) is 11.4. The molecule has 2 aliphatic rings. The largest absolute Gasteiger partial charge is 0.370 e. The molecule has 92 valence electrons. The van der Waals surface area contributed by atoms with Crippen LogP contribution in [-0.4, -0.2) is 31.4 Å². The van der Waals surface area contributed by atoms with Crippen LogP contribution >= 0.6 is 11.8 Å². The maximum Gasteiger partial charge on any atom is 0.0377 e. The Hall–Kier alpha value is -0.670. The first-order valence-electron chi connectivity index (χ1n) is 6.50. The van der Waals surface area contributed by atoms with E-state index in [1.807, 2.05) is 11.8 Å². The van der Waals surface area contributed by atoms with Gasteiger partial charge >= 0.3 is 0 Å². The minimum atomic E-state index is 0.709. The van der Waals surface area contributed by atoms with E-state index in [4.69, 9.17) is 0 Å². The van der Waals surface area contributed by atoms with Crippen LogP contribution in [0.15, 0.2) is 29.2 Å².